The first-order chi connectivity index (χ1) is 24.6. The van der Waals surface area contributed by atoms with E-state index in [9.17, 15) is 0 Å². The van der Waals surface area contributed by atoms with Gasteiger partial charge in [-0.3, -0.25) is 4.98 Å². The topological polar surface area (TPSA) is 29.2 Å². The molecule has 7 rings (SSSR count). The van der Waals surface area contributed by atoms with Crippen molar-refractivity contribution in [1.29, 1.82) is 0 Å². The van der Waals surface area contributed by atoms with E-state index in [1.807, 2.05) is 12.4 Å². The molecule has 50 heavy (non-hydrogen) atoms. The van der Waals surface area contributed by atoms with E-state index in [1.54, 1.807) is 0 Å². The van der Waals surface area contributed by atoms with Gasteiger partial charge >= 0.3 is 0 Å². The maximum atomic E-state index is 4.11. The number of fused-ring (bicyclic) bond motifs is 2. The molecule has 0 bridgehead atoms. The maximum Gasteiger partial charge on any atom is 0.0531 e. The van der Waals surface area contributed by atoms with E-state index in [2.05, 4.69) is 118 Å². The van der Waals surface area contributed by atoms with Crippen molar-refractivity contribution in [3.8, 4) is 5.69 Å². The summed E-state index contributed by atoms with van der Waals surface area (Å²) in [7, 11) is 4.53. The molecule has 0 unspecified atom stereocenters. The number of unbranched alkanes of at least 4 members (excludes halogenated alkanes) is 9. The van der Waals surface area contributed by atoms with Crippen molar-refractivity contribution in [2.24, 2.45) is 0 Å². The van der Waals surface area contributed by atoms with Crippen LogP contribution in [0.25, 0.3) is 27.5 Å². The molecular formula is C45H63N5. The van der Waals surface area contributed by atoms with Crippen molar-refractivity contribution in [3.63, 3.8) is 0 Å². The third-order valence-electron chi connectivity index (χ3n) is 11.6. The zero-order valence-electron chi connectivity index (χ0n) is 31.4. The molecule has 5 heteroatoms. The summed E-state index contributed by atoms with van der Waals surface area (Å²) in [5.41, 5.74) is 6.83. The third-order valence-corrected chi connectivity index (χ3v) is 11.6. The van der Waals surface area contributed by atoms with E-state index >= 15 is 0 Å². The number of pyridine rings is 1. The van der Waals surface area contributed by atoms with Crippen LogP contribution in [-0.4, -0.2) is 63.2 Å². The normalized spacial score (nSPS) is 18.3. The molecule has 0 amide bonds. The predicted molar refractivity (Wildman–Crippen MR) is 214 cm³/mol. The van der Waals surface area contributed by atoms with E-state index in [-0.39, 0.29) is 0 Å². The van der Waals surface area contributed by atoms with Crippen LogP contribution in [0.5, 0.6) is 0 Å². The second-order valence-corrected chi connectivity index (χ2v) is 15.3. The van der Waals surface area contributed by atoms with E-state index in [4.69, 9.17) is 0 Å². The molecule has 2 fully saturated rings. The van der Waals surface area contributed by atoms with Gasteiger partial charge in [-0.05, 0) is 130 Å². The van der Waals surface area contributed by atoms with Gasteiger partial charge in [-0.2, -0.15) is 0 Å². The second-order valence-electron chi connectivity index (χ2n) is 15.3. The summed E-state index contributed by atoms with van der Waals surface area (Å²) >= 11 is 0. The highest BCUT2D eigenvalue weighted by Gasteiger charge is 2.22. The number of nitrogens with zero attached hydrogens (tertiary/aromatic N) is 5. The summed E-state index contributed by atoms with van der Waals surface area (Å²) in [6.07, 6.45) is 29.9. The molecule has 5 aromatic rings. The number of benzene rings is 2. The van der Waals surface area contributed by atoms with Gasteiger partial charge in [0, 0.05) is 54.6 Å². The van der Waals surface area contributed by atoms with Gasteiger partial charge in [0.25, 0.3) is 0 Å². The van der Waals surface area contributed by atoms with Crippen LogP contribution in [0.15, 0.2) is 85.5 Å². The average Bonchev–Trinajstić information content (AvgIpc) is 3.94. The van der Waals surface area contributed by atoms with Gasteiger partial charge in [-0.1, -0.05) is 89.0 Å². The van der Waals surface area contributed by atoms with Gasteiger partial charge in [0.1, 0.15) is 0 Å². The predicted octanol–water partition coefficient (Wildman–Crippen LogP) is 10.9. The van der Waals surface area contributed by atoms with Crippen molar-refractivity contribution in [2.45, 2.75) is 128 Å². The Labute approximate surface area is 302 Å². The number of hydrogen-bond donors (Lipinski definition) is 0. The van der Waals surface area contributed by atoms with Crippen LogP contribution in [0, 0.1) is 0 Å². The Balaban J connectivity index is 0.000000177. The smallest absolute Gasteiger partial charge is 0.0531 e. The lowest BCUT2D eigenvalue weighted by molar-refractivity contribution is 0.309. The van der Waals surface area contributed by atoms with Crippen LogP contribution in [-0.2, 0) is 19.4 Å². The molecule has 2 aromatic carbocycles. The standard InChI is InChI=1S/C26H42N2.C19H21N3/c1-3-4-5-6-7-8-9-10-11-12-19-28-20-17-24-16-15-23(22-26(24)28)21-25-14-13-18-27(25)2;1-21-11-2-3-18(21)13-15-4-5-16-8-12-22(19(16)14-15)17-6-9-20-10-7-17/h15-17,20,22,25H,3-14,18-19,21H2,1-2H3;4-10,12,14,18H,2-3,11,13H2,1H3/t25-;18-/m00/s1. The molecule has 5 nitrogen and oxygen atoms in total. The van der Waals surface area contributed by atoms with Crippen LogP contribution in [0.3, 0.4) is 0 Å². The van der Waals surface area contributed by atoms with Gasteiger partial charge in [0.2, 0.25) is 0 Å². The summed E-state index contributed by atoms with van der Waals surface area (Å²) < 4.78 is 4.74. The quantitative estimate of drug-likeness (QED) is 0.0976. The summed E-state index contributed by atoms with van der Waals surface area (Å²) in [4.78, 5) is 9.14. The molecule has 0 spiro atoms. The summed E-state index contributed by atoms with van der Waals surface area (Å²) in [5.74, 6) is 0. The Morgan fingerprint density at radius 3 is 1.72 bits per heavy atom. The minimum atomic E-state index is 0.696. The monoisotopic (exact) mass is 674 g/mol. The fourth-order valence-electron chi connectivity index (χ4n) is 8.37. The van der Waals surface area contributed by atoms with Crippen molar-refractivity contribution < 1.29 is 0 Å². The number of hydrogen-bond acceptors (Lipinski definition) is 3. The molecule has 2 aliphatic rings. The van der Waals surface area contributed by atoms with E-state index < -0.39 is 0 Å². The minimum Gasteiger partial charge on any atom is -0.347 e. The summed E-state index contributed by atoms with van der Waals surface area (Å²) in [6, 6.07) is 24.0. The second kappa shape index (κ2) is 18.7. The Morgan fingerprint density at radius 1 is 0.600 bits per heavy atom. The van der Waals surface area contributed by atoms with Gasteiger partial charge in [0.15, 0.2) is 0 Å². The molecule has 2 atom stereocenters. The van der Waals surface area contributed by atoms with Crippen molar-refractivity contribution in [1.82, 2.24) is 23.9 Å². The number of rotatable bonds is 16. The van der Waals surface area contributed by atoms with E-state index in [0.717, 1.165) is 12.5 Å². The SMILES string of the molecule is CCCCCCCCCCCCn1ccc2ccc(C[C@@H]3CCCN3C)cc21.CN1CCC[C@H]1Cc1ccc2ccn(-c3ccncc3)c2c1. The van der Waals surface area contributed by atoms with Gasteiger partial charge in [0.05, 0.1) is 5.52 Å². The lowest BCUT2D eigenvalue weighted by Crippen LogP contribution is -2.26. The molecule has 5 heterocycles. The average molecular weight is 674 g/mol. The minimum absolute atomic E-state index is 0.696. The van der Waals surface area contributed by atoms with Crippen molar-refractivity contribution >= 4 is 21.8 Å². The van der Waals surface area contributed by atoms with Gasteiger partial charge < -0.3 is 18.9 Å². The zero-order valence-corrected chi connectivity index (χ0v) is 31.4. The fraction of sp³-hybridized carbons (Fsp3) is 0.533. The Kier molecular flexibility index (Phi) is 13.6. The molecule has 3 aromatic heterocycles. The highest BCUT2D eigenvalue weighted by atomic mass is 15.1. The van der Waals surface area contributed by atoms with Crippen LogP contribution < -0.4 is 0 Å². The largest absolute Gasteiger partial charge is 0.347 e. The lowest BCUT2D eigenvalue weighted by Gasteiger charge is -2.19. The molecule has 2 saturated heterocycles. The van der Waals surface area contributed by atoms with Crippen LogP contribution in [0.4, 0.5) is 0 Å². The number of likely N-dealkylation sites (N-methyl/N-ethyl adjacent to an activating group) is 2. The van der Waals surface area contributed by atoms with Crippen molar-refractivity contribution in [3.05, 3.63) is 96.6 Å². The van der Waals surface area contributed by atoms with Crippen LogP contribution >= 0.6 is 0 Å². The first kappa shape index (κ1) is 36.4. The first-order valence-electron chi connectivity index (χ1n) is 20.1. The molecular weight excluding hydrogens is 611 g/mol. The zero-order chi connectivity index (χ0) is 34.5. The molecule has 2 aliphatic heterocycles. The highest BCUT2D eigenvalue weighted by molar-refractivity contribution is 5.83. The third kappa shape index (κ3) is 9.88. The Morgan fingerprint density at radius 2 is 1.14 bits per heavy atom. The van der Waals surface area contributed by atoms with Crippen LogP contribution in [0.1, 0.15) is 108 Å². The lowest BCUT2D eigenvalue weighted by atomic mass is 10.0. The van der Waals surface area contributed by atoms with Gasteiger partial charge in [-0.15, -0.1) is 0 Å². The Bertz CT molecular complexity index is 1720. The number of aromatic nitrogens is 3. The Hall–Kier alpha value is -3.41. The summed E-state index contributed by atoms with van der Waals surface area (Å²) in [5, 5.41) is 2.69. The molecule has 0 aliphatic carbocycles. The highest BCUT2D eigenvalue weighted by Crippen LogP contribution is 2.26. The van der Waals surface area contributed by atoms with Crippen molar-refractivity contribution in [2.75, 3.05) is 27.2 Å². The van der Waals surface area contributed by atoms with E-state index in [0.29, 0.717) is 6.04 Å². The first-order valence-corrected chi connectivity index (χ1v) is 20.1. The van der Waals surface area contributed by atoms with E-state index in [1.165, 1.54) is 155 Å². The number of aryl methyl sites for hydroxylation is 1. The molecule has 0 radical (unpaired) electrons. The molecule has 0 saturated carbocycles. The van der Waals surface area contributed by atoms with Gasteiger partial charge in [-0.25, -0.2) is 0 Å². The van der Waals surface area contributed by atoms with Crippen LogP contribution in [0.2, 0.25) is 0 Å². The maximum absolute atomic E-state index is 4.11. The molecule has 268 valence electrons. The molecule has 0 N–H and O–H groups in total. The summed E-state index contributed by atoms with van der Waals surface area (Å²) in [6.45, 7) is 5.97. The fourth-order valence-corrected chi connectivity index (χ4v) is 8.37. The number of likely N-dealkylation sites (tertiary alicyclic amines) is 2.